The van der Waals surface area contributed by atoms with Gasteiger partial charge in [0, 0.05) is 0 Å². The monoisotopic (exact) mass is 614 g/mol. The van der Waals surface area contributed by atoms with E-state index in [0.717, 1.165) is 4.20 Å². The van der Waals surface area contributed by atoms with Crippen molar-refractivity contribution in [2.75, 3.05) is 0 Å². The average Bonchev–Trinajstić information content (AvgIpc) is 3.07. The van der Waals surface area contributed by atoms with E-state index in [4.69, 9.17) is 24.8 Å². The Morgan fingerprint density at radius 3 is 0.667 bits per heavy atom. The summed E-state index contributed by atoms with van der Waals surface area (Å²) in [7, 11) is -5.01. The smallest absolute Gasteiger partial charge is 0.128 e. The van der Waals surface area contributed by atoms with E-state index in [9.17, 15) is 0 Å². The van der Waals surface area contributed by atoms with Crippen LogP contribution in [0.3, 0.4) is 0 Å². The first-order valence-corrected chi connectivity index (χ1v) is 18.6. The van der Waals surface area contributed by atoms with Gasteiger partial charge in [-0.05, 0) is 72.8 Å². The predicted octanol–water partition coefficient (Wildman–Crippen LogP) is 7.56. The molecule has 0 fully saturated rings. The second kappa shape index (κ2) is 12.9. The largest absolute Gasteiger partial charge is 0.237 e. The number of rotatable bonds is 9. The van der Waals surface area contributed by atoms with Gasteiger partial charge in [0.1, 0.15) is 36.0 Å². The maximum absolute atomic E-state index is 6.43. The molecule has 6 rings (SSSR count). The van der Waals surface area contributed by atoms with Crippen LogP contribution in [0.15, 0.2) is 182 Å². The molecule has 4 heteroatoms. The van der Waals surface area contributed by atoms with Crippen molar-refractivity contribution in [1.29, 1.82) is 0 Å². The summed E-state index contributed by atoms with van der Waals surface area (Å²) < 4.78 is 0.741. The normalized spacial score (nSPS) is 11.8. The molecule has 0 amide bonds. The lowest BCUT2D eigenvalue weighted by Crippen LogP contribution is -2.49. The maximum Gasteiger partial charge on any atom is 0.237 e. The fourth-order valence-electron chi connectivity index (χ4n) is 6.31. The van der Waals surface area contributed by atoms with Crippen LogP contribution in [0.2, 0.25) is 0 Å². The molecule has 0 bridgehead atoms. The Labute approximate surface area is 261 Å². The molecular formula is C38H32P2S2+2. The fraction of sp³-hybridized carbons (Fsp3) is 0.0263. The van der Waals surface area contributed by atoms with Gasteiger partial charge in [0.25, 0.3) is 0 Å². The summed E-state index contributed by atoms with van der Waals surface area (Å²) >= 11 is 11.7. The molecule has 0 aliphatic rings. The van der Waals surface area contributed by atoms with Gasteiger partial charge in [-0.1, -0.05) is 121 Å². The van der Waals surface area contributed by atoms with Crippen LogP contribution >= 0.6 is 39.4 Å². The summed E-state index contributed by atoms with van der Waals surface area (Å²) in [5.74, 6) is 0. The number of thiocarbonyl (C=S) groups is 1. The maximum atomic E-state index is 6.43. The number of hydrogen-bond acceptors (Lipinski definition) is 1. The number of hydrogen-bond donors (Lipinski definition) is 1. The third-order valence-electron chi connectivity index (χ3n) is 7.94. The molecule has 0 heterocycles. The topological polar surface area (TPSA) is 0 Å². The van der Waals surface area contributed by atoms with Crippen LogP contribution < -0.4 is 31.8 Å². The first-order valence-electron chi connectivity index (χ1n) is 14.0. The highest BCUT2D eigenvalue weighted by Gasteiger charge is 2.69. The van der Waals surface area contributed by atoms with Crippen LogP contribution in [0.5, 0.6) is 0 Å². The lowest BCUT2D eigenvalue weighted by molar-refractivity contribution is 1.63. The molecule has 0 saturated heterocycles. The van der Waals surface area contributed by atoms with Crippen LogP contribution in [0.4, 0.5) is 0 Å². The molecule has 0 saturated carbocycles. The summed E-state index contributed by atoms with van der Waals surface area (Å²) in [5, 5.41) is 7.70. The second-order valence-corrected chi connectivity index (χ2v) is 18.8. The van der Waals surface area contributed by atoms with E-state index in [1.807, 2.05) is 0 Å². The highest BCUT2D eigenvalue weighted by Crippen LogP contribution is 2.77. The molecule has 0 aromatic heterocycles. The van der Waals surface area contributed by atoms with Crippen molar-refractivity contribution >= 4 is 75.4 Å². The van der Waals surface area contributed by atoms with Gasteiger partial charge in [-0.15, -0.1) is 12.6 Å². The SMILES string of the molecule is S=C(S)C([P+](c1ccccc1)(c1ccccc1)c1ccccc1)[P+](c1ccccc1)(c1ccccc1)c1ccccc1. The number of thiol groups is 1. The highest BCUT2D eigenvalue weighted by molar-refractivity contribution is 8.20. The van der Waals surface area contributed by atoms with Gasteiger partial charge in [-0.25, -0.2) is 0 Å². The zero-order valence-corrected chi connectivity index (χ0v) is 26.6. The zero-order chi connectivity index (χ0) is 28.8. The Morgan fingerprint density at radius 1 is 0.357 bits per heavy atom. The molecule has 204 valence electrons. The van der Waals surface area contributed by atoms with Gasteiger partial charge >= 0.3 is 0 Å². The van der Waals surface area contributed by atoms with Gasteiger partial charge in [0.15, 0.2) is 14.5 Å². The minimum Gasteiger partial charge on any atom is -0.128 e. The molecule has 0 radical (unpaired) electrons. The summed E-state index contributed by atoms with van der Waals surface area (Å²) in [4.78, 5) is 0. The molecule has 0 nitrogen and oxygen atoms in total. The summed E-state index contributed by atoms with van der Waals surface area (Å²) in [6.07, 6.45) is 0. The molecule has 0 unspecified atom stereocenters. The molecule has 6 aromatic carbocycles. The Bertz CT molecular complexity index is 1410. The van der Waals surface area contributed by atoms with Gasteiger partial charge in [0.2, 0.25) is 5.40 Å². The minimum absolute atomic E-state index is 0.109. The van der Waals surface area contributed by atoms with Gasteiger partial charge in [-0.2, -0.15) is 0 Å². The first kappa shape index (κ1) is 28.7. The zero-order valence-electron chi connectivity index (χ0n) is 23.1. The standard InChI is InChI=1S/C38H31P2S2/c41-38(42)37(39(31-19-7-1-8-20-31,32-21-9-2-10-22-32)33-23-11-3-12-24-33)40(34-25-13-4-14-26-34,35-27-15-5-16-28-35)36-29-17-6-18-30-36/h1-30,37H/q+1/p+1. The van der Waals surface area contributed by atoms with Crippen molar-refractivity contribution in [3.05, 3.63) is 182 Å². The van der Waals surface area contributed by atoms with Crippen molar-refractivity contribution < 1.29 is 0 Å². The van der Waals surface area contributed by atoms with Crippen LogP contribution in [0.25, 0.3) is 0 Å². The van der Waals surface area contributed by atoms with E-state index in [0.29, 0.717) is 0 Å². The first-order chi connectivity index (χ1) is 20.7. The third-order valence-corrected chi connectivity index (χ3v) is 19.9. The van der Waals surface area contributed by atoms with E-state index in [1.54, 1.807) is 0 Å². The van der Waals surface area contributed by atoms with Crippen molar-refractivity contribution in [2.45, 2.75) is 5.40 Å². The molecule has 6 aromatic rings. The average molecular weight is 615 g/mol. The second-order valence-electron chi connectivity index (χ2n) is 10.2. The quantitative estimate of drug-likeness (QED) is 0.0997. The Kier molecular flexibility index (Phi) is 8.80. The molecule has 0 N–H and O–H groups in total. The number of benzene rings is 6. The van der Waals surface area contributed by atoms with Crippen molar-refractivity contribution in [2.24, 2.45) is 0 Å². The van der Waals surface area contributed by atoms with Crippen LogP contribution in [-0.4, -0.2) is 9.60 Å². The Hall–Kier alpha value is -3.38. The van der Waals surface area contributed by atoms with Crippen molar-refractivity contribution in [3.63, 3.8) is 0 Å². The van der Waals surface area contributed by atoms with Crippen LogP contribution in [0.1, 0.15) is 0 Å². The molecule has 0 spiro atoms. The summed E-state index contributed by atoms with van der Waals surface area (Å²) in [6.45, 7) is 0. The van der Waals surface area contributed by atoms with Gasteiger partial charge < -0.3 is 0 Å². The lowest BCUT2D eigenvalue weighted by atomic mass is 10.3. The van der Waals surface area contributed by atoms with E-state index in [-0.39, 0.29) is 5.40 Å². The van der Waals surface area contributed by atoms with E-state index < -0.39 is 14.5 Å². The van der Waals surface area contributed by atoms with Crippen molar-refractivity contribution in [1.82, 2.24) is 0 Å². The Balaban J connectivity index is 1.88. The molecule has 0 aliphatic carbocycles. The summed E-state index contributed by atoms with van der Waals surface area (Å²) in [5.41, 5.74) is 0. The minimum atomic E-state index is -2.51. The predicted molar refractivity (Wildman–Crippen MR) is 196 cm³/mol. The van der Waals surface area contributed by atoms with E-state index in [1.165, 1.54) is 31.8 Å². The fourth-order valence-corrected chi connectivity index (χ4v) is 20.8. The molecule has 0 aliphatic heterocycles. The third kappa shape index (κ3) is 4.98. The van der Waals surface area contributed by atoms with Gasteiger partial charge in [-0.3, -0.25) is 0 Å². The lowest BCUT2D eigenvalue weighted by Gasteiger charge is -2.41. The van der Waals surface area contributed by atoms with Crippen LogP contribution in [0, 0.1) is 0 Å². The molecular weight excluding hydrogens is 583 g/mol. The molecule has 42 heavy (non-hydrogen) atoms. The van der Waals surface area contributed by atoms with Crippen LogP contribution in [-0.2, 0) is 0 Å². The van der Waals surface area contributed by atoms with E-state index in [2.05, 4.69) is 182 Å². The highest BCUT2D eigenvalue weighted by atomic mass is 32.1. The van der Waals surface area contributed by atoms with Gasteiger partial charge in [0.05, 0.1) is 0 Å². The summed E-state index contributed by atoms with van der Waals surface area (Å²) in [6, 6.07) is 66.4. The van der Waals surface area contributed by atoms with E-state index >= 15 is 0 Å². The Morgan fingerprint density at radius 2 is 0.524 bits per heavy atom. The van der Waals surface area contributed by atoms with Crippen molar-refractivity contribution in [3.8, 4) is 0 Å². The molecule has 0 atom stereocenters.